The molecule has 0 aliphatic heterocycles. The monoisotopic (exact) mass is 441 g/mol. The number of amides is 1. The normalized spacial score (nSPS) is 10.9. The van der Waals surface area contributed by atoms with Gasteiger partial charge in [-0.1, -0.05) is 6.07 Å². The van der Waals surface area contributed by atoms with Crippen LogP contribution >= 0.6 is 23.1 Å². The third-order valence-corrected chi connectivity index (χ3v) is 5.90. The highest BCUT2D eigenvalue weighted by molar-refractivity contribution is 8.00. The highest BCUT2D eigenvalue weighted by Gasteiger charge is 2.16. The molecular weight excluding hydrogens is 425 g/mol. The second-order valence-corrected chi connectivity index (χ2v) is 8.30. The van der Waals surface area contributed by atoms with Gasteiger partial charge in [0.15, 0.2) is 0 Å². The zero-order chi connectivity index (χ0) is 21.1. The molecule has 152 valence electrons. The standard InChI is InChI=1S/C20H16FN5O2S2/c1-12-9-18(27)24-20(22-12)26-17(10-15(25-26)16-3-2-8-29-16)23-19(28)11-30-14-6-4-13(21)5-7-14/h2-10H,11H2,1H3,(H,23,28)(H,22,24,27). The molecule has 0 aliphatic carbocycles. The molecule has 3 aromatic heterocycles. The lowest BCUT2D eigenvalue weighted by molar-refractivity contribution is -0.113. The van der Waals surface area contributed by atoms with E-state index in [9.17, 15) is 14.0 Å². The van der Waals surface area contributed by atoms with E-state index in [4.69, 9.17) is 0 Å². The fraction of sp³-hybridized carbons (Fsp3) is 0.100. The molecule has 3 heterocycles. The van der Waals surface area contributed by atoms with Crippen molar-refractivity contribution in [1.82, 2.24) is 19.7 Å². The van der Waals surface area contributed by atoms with Crippen molar-refractivity contribution in [3.8, 4) is 16.5 Å². The Balaban J connectivity index is 1.60. The van der Waals surface area contributed by atoms with Crippen LogP contribution in [0.25, 0.3) is 16.5 Å². The predicted octanol–water partition coefficient (Wildman–Crippen LogP) is 3.86. The maximum absolute atomic E-state index is 13.0. The van der Waals surface area contributed by atoms with Crippen molar-refractivity contribution in [1.29, 1.82) is 0 Å². The number of hydrogen-bond donors (Lipinski definition) is 2. The lowest BCUT2D eigenvalue weighted by Gasteiger charge is -2.08. The van der Waals surface area contributed by atoms with E-state index in [0.29, 0.717) is 17.2 Å². The van der Waals surface area contributed by atoms with Crippen molar-refractivity contribution < 1.29 is 9.18 Å². The van der Waals surface area contributed by atoms with Gasteiger partial charge in [-0.3, -0.25) is 14.6 Å². The zero-order valence-electron chi connectivity index (χ0n) is 15.8. The van der Waals surface area contributed by atoms with Crippen LogP contribution in [-0.4, -0.2) is 31.4 Å². The molecule has 0 saturated heterocycles. The molecule has 1 amide bonds. The maximum atomic E-state index is 13.0. The van der Waals surface area contributed by atoms with Crippen molar-refractivity contribution in [2.75, 3.05) is 11.1 Å². The number of benzene rings is 1. The SMILES string of the molecule is Cc1cc(=O)[nH]c(-n2nc(-c3cccs3)cc2NC(=O)CSc2ccc(F)cc2)n1. The van der Waals surface area contributed by atoms with Crippen LogP contribution in [0.5, 0.6) is 0 Å². The van der Waals surface area contributed by atoms with Crippen LogP contribution in [0.15, 0.2) is 63.6 Å². The molecule has 0 saturated carbocycles. The number of aromatic nitrogens is 4. The number of aryl methyl sites for hydroxylation is 1. The highest BCUT2D eigenvalue weighted by Crippen LogP contribution is 2.27. The first-order chi connectivity index (χ1) is 14.5. The Kier molecular flexibility index (Phi) is 5.77. The van der Waals surface area contributed by atoms with Crippen LogP contribution in [0, 0.1) is 12.7 Å². The number of nitrogens with zero attached hydrogens (tertiary/aromatic N) is 3. The van der Waals surface area contributed by atoms with Crippen molar-refractivity contribution in [3.63, 3.8) is 0 Å². The number of hydrogen-bond acceptors (Lipinski definition) is 6. The van der Waals surface area contributed by atoms with E-state index in [0.717, 1.165) is 9.77 Å². The number of H-pyrrole nitrogens is 1. The Morgan fingerprint density at radius 2 is 2.07 bits per heavy atom. The number of aromatic amines is 1. The van der Waals surface area contributed by atoms with E-state index >= 15 is 0 Å². The molecule has 30 heavy (non-hydrogen) atoms. The molecule has 4 aromatic rings. The Morgan fingerprint density at radius 1 is 1.27 bits per heavy atom. The third kappa shape index (κ3) is 4.66. The fourth-order valence-corrected chi connectivity index (χ4v) is 4.08. The first-order valence-electron chi connectivity index (χ1n) is 8.88. The summed E-state index contributed by atoms with van der Waals surface area (Å²) < 4.78 is 14.4. The van der Waals surface area contributed by atoms with Gasteiger partial charge in [0.1, 0.15) is 17.3 Å². The van der Waals surface area contributed by atoms with Gasteiger partial charge in [0.2, 0.25) is 11.9 Å². The van der Waals surface area contributed by atoms with Gasteiger partial charge in [0, 0.05) is 22.7 Å². The summed E-state index contributed by atoms with van der Waals surface area (Å²) in [4.78, 5) is 33.1. The number of halogens is 1. The molecule has 10 heteroatoms. The van der Waals surface area contributed by atoms with Gasteiger partial charge in [-0.25, -0.2) is 9.37 Å². The van der Waals surface area contributed by atoms with E-state index in [2.05, 4.69) is 20.4 Å². The minimum Gasteiger partial charge on any atom is -0.310 e. The quantitative estimate of drug-likeness (QED) is 0.443. The summed E-state index contributed by atoms with van der Waals surface area (Å²) in [6.45, 7) is 1.71. The molecule has 4 rings (SSSR count). The molecule has 0 radical (unpaired) electrons. The van der Waals surface area contributed by atoms with Crippen LogP contribution < -0.4 is 10.9 Å². The van der Waals surface area contributed by atoms with Crippen molar-refractivity contribution in [2.24, 2.45) is 0 Å². The molecule has 0 bridgehead atoms. The summed E-state index contributed by atoms with van der Waals surface area (Å²) in [5.41, 5.74) is 0.872. The topological polar surface area (TPSA) is 92.7 Å². The average Bonchev–Trinajstić information content (AvgIpc) is 3.37. The first-order valence-corrected chi connectivity index (χ1v) is 10.7. The molecule has 0 atom stereocenters. The van der Waals surface area contributed by atoms with E-state index in [1.54, 1.807) is 25.1 Å². The minimum absolute atomic E-state index is 0.128. The fourth-order valence-electron chi connectivity index (χ4n) is 2.70. The summed E-state index contributed by atoms with van der Waals surface area (Å²) in [7, 11) is 0. The van der Waals surface area contributed by atoms with Crippen molar-refractivity contribution >= 4 is 34.8 Å². The Labute approximate surface area is 179 Å². The molecule has 0 spiro atoms. The van der Waals surface area contributed by atoms with Gasteiger partial charge in [0.05, 0.1) is 10.6 Å². The van der Waals surface area contributed by atoms with Crippen molar-refractivity contribution in [2.45, 2.75) is 11.8 Å². The second-order valence-electron chi connectivity index (χ2n) is 6.31. The van der Waals surface area contributed by atoms with E-state index in [1.807, 2.05) is 17.5 Å². The van der Waals surface area contributed by atoms with Gasteiger partial charge < -0.3 is 5.32 Å². The number of nitrogens with one attached hydrogen (secondary N) is 2. The summed E-state index contributed by atoms with van der Waals surface area (Å²) >= 11 is 2.80. The summed E-state index contributed by atoms with van der Waals surface area (Å²) in [5.74, 6) is 0.135. The molecule has 7 nitrogen and oxygen atoms in total. The number of carbonyl (C=O) groups is 1. The van der Waals surface area contributed by atoms with E-state index in [-0.39, 0.29) is 29.0 Å². The summed E-state index contributed by atoms with van der Waals surface area (Å²) in [6, 6.07) is 12.9. The number of carbonyl (C=O) groups excluding carboxylic acids is 1. The van der Waals surface area contributed by atoms with Crippen LogP contribution in [0.1, 0.15) is 5.69 Å². The maximum Gasteiger partial charge on any atom is 0.252 e. The average molecular weight is 442 g/mol. The second kappa shape index (κ2) is 8.64. The number of rotatable bonds is 6. The Bertz CT molecular complexity index is 1230. The lowest BCUT2D eigenvalue weighted by Crippen LogP contribution is -2.19. The Morgan fingerprint density at radius 3 is 2.77 bits per heavy atom. The van der Waals surface area contributed by atoms with Gasteiger partial charge in [0.25, 0.3) is 5.56 Å². The first kappa shape index (κ1) is 20.0. The summed E-state index contributed by atoms with van der Waals surface area (Å²) in [6.07, 6.45) is 0. The largest absolute Gasteiger partial charge is 0.310 e. The van der Waals surface area contributed by atoms with Crippen LogP contribution in [-0.2, 0) is 4.79 Å². The van der Waals surface area contributed by atoms with Gasteiger partial charge in [-0.2, -0.15) is 9.78 Å². The third-order valence-electron chi connectivity index (χ3n) is 3.99. The Hall–Kier alpha value is -3.24. The van der Waals surface area contributed by atoms with Crippen LogP contribution in [0.3, 0.4) is 0 Å². The van der Waals surface area contributed by atoms with Crippen LogP contribution in [0.4, 0.5) is 10.2 Å². The lowest BCUT2D eigenvalue weighted by atomic mass is 10.3. The van der Waals surface area contributed by atoms with Gasteiger partial charge in [-0.05, 0) is 42.6 Å². The predicted molar refractivity (Wildman–Crippen MR) is 116 cm³/mol. The van der Waals surface area contributed by atoms with Gasteiger partial charge in [-0.15, -0.1) is 23.1 Å². The number of anilines is 1. The van der Waals surface area contributed by atoms with E-state index in [1.165, 1.54) is 46.0 Å². The molecule has 0 aliphatic rings. The smallest absolute Gasteiger partial charge is 0.252 e. The number of thiophene rings is 1. The van der Waals surface area contributed by atoms with Gasteiger partial charge >= 0.3 is 0 Å². The molecular formula is C20H16FN5O2S2. The molecule has 2 N–H and O–H groups in total. The highest BCUT2D eigenvalue weighted by atomic mass is 32.2. The number of thioether (sulfide) groups is 1. The molecule has 1 aromatic carbocycles. The van der Waals surface area contributed by atoms with E-state index < -0.39 is 0 Å². The minimum atomic E-state index is -0.326. The zero-order valence-corrected chi connectivity index (χ0v) is 17.4. The molecule has 0 unspecified atom stereocenters. The summed E-state index contributed by atoms with van der Waals surface area (Å²) in [5, 5.41) is 9.27. The molecule has 0 fully saturated rings. The van der Waals surface area contributed by atoms with Crippen LogP contribution in [0.2, 0.25) is 0 Å². The van der Waals surface area contributed by atoms with Crippen molar-refractivity contribution in [3.05, 3.63) is 75.8 Å².